The highest BCUT2D eigenvalue weighted by atomic mass is 16.5. The van der Waals surface area contributed by atoms with Crippen molar-refractivity contribution >= 4 is 0 Å². The minimum Gasteiger partial charge on any atom is -0.487 e. The van der Waals surface area contributed by atoms with Crippen LogP contribution in [0.3, 0.4) is 0 Å². The van der Waals surface area contributed by atoms with E-state index in [1.807, 2.05) is 36.4 Å². The van der Waals surface area contributed by atoms with Crippen molar-refractivity contribution in [2.75, 3.05) is 19.7 Å². The van der Waals surface area contributed by atoms with Gasteiger partial charge in [-0.15, -0.1) is 0 Å². The third-order valence-electron chi connectivity index (χ3n) is 4.35. The van der Waals surface area contributed by atoms with E-state index in [1.54, 1.807) is 6.20 Å². The predicted octanol–water partition coefficient (Wildman–Crippen LogP) is 1.98. The molecule has 2 N–H and O–H groups in total. The van der Waals surface area contributed by atoms with Crippen molar-refractivity contribution < 1.29 is 14.9 Å². The molecular weight excluding hydrogens is 304 g/mol. The first kappa shape index (κ1) is 16.9. The van der Waals surface area contributed by atoms with Gasteiger partial charge in [-0.1, -0.05) is 18.2 Å². The number of likely N-dealkylation sites (tertiary alicyclic amines) is 1. The standard InChI is InChI=1S/C19H24N2O3/c22-15-19(23)8-4-10-21(14-19)12-16-5-3-7-18(11-16)24-13-17-6-1-2-9-20-17/h1-3,5-7,9,11,22-23H,4,8,10,12-15H2/t19-/m0/s1. The second kappa shape index (κ2) is 7.75. The van der Waals surface area contributed by atoms with Crippen molar-refractivity contribution in [1.29, 1.82) is 0 Å². The Labute approximate surface area is 142 Å². The second-order valence-corrected chi connectivity index (χ2v) is 6.45. The molecule has 0 aliphatic carbocycles. The largest absolute Gasteiger partial charge is 0.487 e. The van der Waals surface area contributed by atoms with Gasteiger partial charge in [-0.05, 0) is 49.2 Å². The molecular formula is C19H24N2O3. The van der Waals surface area contributed by atoms with Crippen LogP contribution >= 0.6 is 0 Å². The lowest BCUT2D eigenvalue weighted by Gasteiger charge is -2.38. The number of β-amino-alcohol motifs (C(OH)–C–C–N with tert-alkyl or cyclic N) is 1. The highest BCUT2D eigenvalue weighted by molar-refractivity contribution is 5.28. The van der Waals surface area contributed by atoms with Crippen LogP contribution in [0.15, 0.2) is 48.7 Å². The zero-order chi connectivity index (χ0) is 16.8. The second-order valence-electron chi connectivity index (χ2n) is 6.45. The first-order chi connectivity index (χ1) is 11.7. The Morgan fingerprint density at radius 1 is 1.21 bits per heavy atom. The molecule has 1 aliphatic heterocycles. The summed E-state index contributed by atoms with van der Waals surface area (Å²) >= 11 is 0. The van der Waals surface area contributed by atoms with E-state index in [1.165, 1.54) is 0 Å². The Balaban J connectivity index is 1.59. The van der Waals surface area contributed by atoms with E-state index in [-0.39, 0.29) is 6.61 Å². The molecule has 1 atom stereocenters. The van der Waals surface area contributed by atoms with Gasteiger partial charge in [0.05, 0.1) is 12.3 Å². The molecule has 1 aliphatic rings. The number of piperidine rings is 1. The Hall–Kier alpha value is -1.95. The van der Waals surface area contributed by atoms with Gasteiger partial charge < -0.3 is 14.9 Å². The van der Waals surface area contributed by atoms with E-state index < -0.39 is 5.60 Å². The lowest BCUT2D eigenvalue weighted by Crippen LogP contribution is -2.49. The van der Waals surface area contributed by atoms with E-state index in [4.69, 9.17) is 4.74 Å². The number of aliphatic hydroxyl groups excluding tert-OH is 1. The smallest absolute Gasteiger partial charge is 0.130 e. The van der Waals surface area contributed by atoms with Gasteiger partial charge in [0.2, 0.25) is 0 Å². The molecule has 0 bridgehead atoms. The maximum Gasteiger partial charge on any atom is 0.130 e. The van der Waals surface area contributed by atoms with Crippen LogP contribution in [-0.4, -0.2) is 45.4 Å². The highest BCUT2D eigenvalue weighted by Crippen LogP contribution is 2.23. The molecule has 0 saturated carbocycles. The van der Waals surface area contributed by atoms with Crippen LogP contribution < -0.4 is 4.74 Å². The molecule has 0 spiro atoms. The lowest BCUT2D eigenvalue weighted by molar-refractivity contribution is -0.0687. The van der Waals surface area contributed by atoms with Gasteiger partial charge in [-0.3, -0.25) is 9.88 Å². The summed E-state index contributed by atoms with van der Waals surface area (Å²) in [4.78, 5) is 6.43. The monoisotopic (exact) mass is 328 g/mol. The summed E-state index contributed by atoms with van der Waals surface area (Å²) in [5.74, 6) is 0.813. The van der Waals surface area contributed by atoms with Gasteiger partial charge in [0.1, 0.15) is 18.0 Å². The van der Waals surface area contributed by atoms with Crippen LogP contribution in [0.25, 0.3) is 0 Å². The molecule has 128 valence electrons. The summed E-state index contributed by atoms with van der Waals surface area (Å²) in [6.07, 6.45) is 3.31. The summed E-state index contributed by atoms with van der Waals surface area (Å²) in [6.45, 7) is 2.43. The zero-order valence-electron chi connectivity index (χ0n) is 13.8. The van der Waals surface area contributed by atoms with Crippen LogP contribution in [0.2, 0.25) is 0 Å². The minimum atomic E-state index is -0.967. The van der Waals surface area contributed by atoms with Crippen LogP contribution in [0, 0.1) is 0 Å². The third-order valence-corrected chi connectivity index (χ3v) is 4.35. The molecule has 1 aromatic carbocycles. The molecule has 2 heterocycles. The van der Waals surface area contributed by atoms with E-state index in [9.17, 15) is 10.2 Å². The molecule has 0 amide bonds. The quantitative estimate of drug-likeness (QED) is 0.849. The minimum absolute atomic E-state index is 0.184. The fourth-order valence-corrected chi connectivity index (χ4v) is 3.10. The summed E-state index contributed by atoms with van der Waals surface area (Å²) < 4.78 is 5.81. The fraction of sp³-hybridized carbons (Fsp3) is 0.421. The van der Waals surface area contributed by atoms with Gasteiger partial charge in [0.25, 0.3) is 0 Å². The van der Waals surface area contributed by atoms with Crippen LogP contribution in [0.5, 0.6) is 5.75 Å². The van der Waals surface area contributed by atoms with Crippen LogP contribution in [0.1, 0.15) is 24.1 Å². The molecule has 2 aromatic rings. The number of hydrogen-bond acceptors (Lipinski definition) is 5. The molecule has 5 heteroatoms. The van der Waals surface area contributed by atoms with Gasteiger partial charge in [0, 0.05) is 19.3 Å². The average molecular weight is 328 g/mol. The number of aliphatic hydroxyl groups is 2. The average Bonchev–Trinajstić information content (AvgIpc) is 2.61. The van der Waals surface area contributed by atoms with Gasteiger partial charge >= 0.3 is 0 Å². The number of benzene rings is 1. The van der Waals surface area contributed by atoms with Crippen molar-refractivity contribution in [2.24, 2.45) is 0 Å². The zero-order valence-corrected chi connectivity index (χ0v) is 13.8. The number of aromatic nitrogens is 1. The molecule has 1 saturated heterocycles. The maximum absolute atomic E-state index is 10.3. The normalized spacial score (nSPS) is 21.6. The Morgan fingerprint density at radius 2 is 2.12 bits per heavy atom. The molecule has 5 nitrogen and oxygen atoms in total. The topological polar surface area (TPSA) is 65.8 Å². The highest BCUT2D eigenvalue weighted by Gasteiger charge is 2.32. The van der Waals surface area contributed by atoms with Gasteiger partial charge in [0.15, 0.2) is 0 Å². The Kier molecular flexibility index (Phi) is 5.45. The van der Waals surface area contributed by atoms with E-state index >= 15 is 0 Å². The molecule has 24 heavy (non-hydrogen) atoms. The van der Waals surface area contributed by atoms with Gasteiger partial charge in [-0.25, -0.2) is 0 Å². The number of nitrogens with zero attached hydrogens (tertiary/aromatic N) is 2. The number of rotatable bonds is 6. The van der Waals surface area contributed by atoms with Gasteiger partial charge in [-0.2, -0.15) is 0 Å². The molecule has 3 rings (SSSR count). The Bertz CT molecular complexity index is 650. The van der Waals surface area contributed by atoms with Crippen molar-refractivity contribution in [1.82, 2.24) is 9.88 Å². The SMILES string of the molecule is OC[C@]1(O)CCCN(Cc2cccc(OCc3ccccn3)c2)C1. The first-order valence-corrected chi connectivity index (χ1v) is 8.34. The third kappa shape index (κ3) is 4.54. The van der Waals surface area contributed by atoms with E-state index in [2.05, 4.69) is 16.0 Å². The molecule has 0 unspecified atom stereocenters. The van der Waals surface area contributed by atoms with Crippen molar-refractivity contribution in [3.8, 4) is 5.75 Å². The van der Waals surface area contributed by atoms with E-state index in [0.29, 0.717) is 19.6 Å². The Morgan fingerprint density at radius 3 is 2.92 bits per heavy atom. The van der Waals surface area contributed by atoms with Crippen molar-refractivity contribution in [3.63, 3.8) is 0 Å². The number of pyridine rings is 1. The van der Waals surface area contributed by atoms with Crippen molar-refractivity contribution in [3.05, 3.63) is 59.9 Å². The van der Waals surface area contributed by atoms with Crippen LogP contribution in [0.4, 0.5) is 0 Å². The fourth-order valence-electron chi connectivity index (χ4n) is 3.10. The molecule has 1 aromatic heterocycles. The maximum atomic E-state index is 10.3. The number of ether oxygens (including phenoxy) is 1. The number of hydrogen-bond donors (Lipinski definition) is 2. The summed E-state index contributed by atoms with van der Waals surface area (Å²) in [7, 11) is 0. The lowest BCUT2D eigenvalue weighted by atomic mass is 9.93. The summed E-state index contributed by atoms with van der Waals surface area (Å²) in [6, 6.07) is 13.8. The molecule has 1 fully saturated rings. The molecule has 0 radical (unpaired) electrons. The predicted molar refractivity (Wildman–Crippen MR) is 91.6 cm³/mol. The van der Waals surface area contributed by atoms with Crippen LogP contribution in [-0.2, 0) is 13.2 Å². The summed E-state index contributed by atoms with van der Waals surface area (Å²) in [5.41, 5.74) is 1.06. The first-order valence-electron chi connectivity index (χ1n) is 8.34. The van der Waals surface area contributed by atoms with Crippen molar-refractivity contribution in [2.45, 2.75) is 31.6 Å². The van der Waals surface area contributed by atoms with E-state index in [0.717, 1.165) is 36.5 Å². The summed E-state index contributed by atoms with van der Waals surface area (Å²) in [5, 5.41) is 19.6.